The van der Waals surface area contributed by atoms with E-state index in [0.717, 1.165) is 19.3 Å². The molecule has 7 nitrogen and oxygen atoms in total. The van der Waals surface area contributed by atoms with Crippen LogP contribution in [-0.2, 0) is 14.8 Å². The number of sulfonamides is 1. The number of halogens is 3. The number of benzene rings is 2. The molecule has 1 aliphatic rings. The monoisotopic (exact) mass is 503 g/mol. The Labute approximate surface area is 195 Å². The second-order valence-electron chi connectivity index (χ2n) is 6.81. The van der Waals surface area contributed by atoms with Crippen LogP contribution in [0.2, 0.25) is 15.1 Å². The maximum atomic E-state index is 12.7. The Morgan fingerprint density at radius 2 is 1.81 bits per heavy atom. The van der Waals surface area contributed by atoms with Gasteiger partial charge in [-0.05, 0) is 37.1 Å². The molecule has 0 bridgehead atoms. The van der Waals surface area contributed by atoms with E-state index in [1.165, 1.54) is 30.3 Å². The lowest BCUT2D eigenvalue weighted by Crippen LogP contribution is -2.30. The molecule has 166 valence electrons. The summed E-state index contributed by atoms with van der Waals surface area (Å²) in [4.78, 5) is 16.5. The lowest BCUT2D eigenvalue weighted by molar-refractivity contribution is -0.118. The van der Waals surface area contributed by atoms with E-state index in [1.54, 1.807) is 6.07 Å². The van der Waals surface area contributed by atoms with Crippen LogP contribution in [0.4, 0.5) is 5.69 Å². The van der Waals surface area contributed by atoms with E-state index >= 15 is 0 Å². The molecular formula is C20H20Cl3N3O4S. The Bertz CT molecular complexity index is 1110. The molecule has 1 amide bonds. The SMILES string of the molecule is O=C(COc1cc(Cl)c(Cl)cc1Cl)Nc1cccc(S(=O)(=O)NC2=NCCCCC2)c1. The molecule has 1 aliphatic heterocycles. The number of hydrogen-bond acceptors (Lipinski definition) is 5. The number of aliphatic imine (C=N–C) groups is 1. The summed E-state index contributed by atoms with van der Waals surface area (Å²) in [6, 6.07) is 8.75. The van der Waals surface area contributed by atoms with Crippen LogP contribution in [-0.4, -0.2) is 33.3 Å². The molecule has 11 heteroatoms. The highest BCUT2D eigenvalue weighted by molar-refractivity contribution is 7.90. The Kier molecular flexibility index (Phi) is 8.05. The molecule has 0 spiro atoms. The van der Waals surface area contributed by atoms with E-state index in [4.69, 9.17) is 39.5 Å². The van der Waals surface area contributed by atoms with Crippen molar-refractivity contribution in [1.82, 2.24) is 4.72 Å². The molecule has 0 saturated heterocycles. The number of hydrogen-bond donors (Lipinski definition) is 2. The van der Waals surface area contributed by atoms with Gasteiger partial charge in [-0.2, -0.15) is 0 Å². The zero-order chi connectivity index (χ0) is 22.4. The molecule has 0 unspecified atom stereocenters. The van der Waals surface area contributed by atoms with Gasteiger partial charge in [-0.25, -0.2) is 8.42 Å². The van der Waals surface area contributed by atoms with E-state index in [2.05, 4.69) is 15.0 Å². The summed E-state index contributed by atoms with van der Waals surface area (Å²) in [6.07, 6.45) is 3.44. The molecule has 31 heavy (non-hydrogen) atoms. The molecule has 0 fully saturated rings. The van der Waals surface area contributed by atoms with Crippen LogP contribution in [0.5, 0.6) is 5.75 Å². The standard InChI is InChI=1S/C20H20Cl3N3O4S/c21-15-10-17(23)18(11-16(15)22)30-12-20(27)25-13-5-4-6-14(9-13)31(28,29)26-19-7-2-1-3-8-24-19/h4-6,9-11H,1-3,7-8,12H2,(H,24,26)(H,25,27). The lowest BCUT2D eigenvalue weighted by Gasteiger charge is -2.12. The maximum Gasteiger partial charge on any atom is 0.262 e. The van der Waals surface area contributed by atoms with Crippen LogP contribution in [0.1, 0.15) is 25.7 Å². The first-order chi connectivity index (χ1) is 14.7. The first-order valence-electron chi connectivity index (χ1n) is 9.48. The summed E-state index contributed by atoms with van der Waals surface area (Å²) in [5.41, 5.74) is 0.305. The third-order valence-corrected chi connectivity index (χ3v) is 6.78. The average molecular weight is 505 g/mol. The van der Waals surface area contributed by atoms with E-state index in [9.17, 15) is 13.2 Å². The molecular weight excluding hydrogens is 485 g/mol. The fraction of sp³-hybridized carbons (Fsp3) is 0.300. The van der Waals surface area contributed by atoms with E-state index in [0.29, 0.717) is 24.5 Å². The number of anilines is 1. The van der Waals surface area contributed by atoms with E-state index in [-0.39, 0.29) is 32.3 Å². The van der Waals surface area contributed by atoms with Gasteiger partial charge in [0.1, 0.15) is 11.6 Å². The molecule has 0 saturated carbocycles. The van der Waals surface area contributed by atoms with Crippen LogP contribution in [0.3, 0.4) is 0 Å². The zero-order valence-electron chi connectivity index (χ0n) is 16.3. The predicted molar refractivity (Wildman–Crippen MR) is 123 cm³/mol. The topological polar surface area (TPSA) is 96.9 Å². The van der Waals surface area contributed by atoms with Gasteiger partial charge >= 0.3 is 0 Å². The van der Waals surface area contributed by atoms with Crippen molar-refractivity contribution >= 4 is 62.3 Å². The molecule has 3 rings (SSSR count). The van der Waals surface area contributed by atoms with Crippen molar-refractivity contribution in [2.24, 2.45) is 4.99 Å². The number of amidine groups is 1. The highest BCUT2D eigenvalue weighted by Crippen LogP contribution is 2.33. The largest absolute Gasteiger partial charge is 0.482 e. The van der Waals surface area contributed by atoms with Crippen molar-refractivity contribution < 1.29 is 17.9 Å². The van der Waals surface area contributed by atoms with Crippen molar-refractivity contribution in [3.8, 4) is 5.75 Å². The van der Waals surface area contributed by atoms with Crippen molar-refractivity contribution in [3.63, 3.8) is 0 Å². The second kappa shape index (κ2) is 10.5. The third kappa shape index (κ3) is 6.74. The second-order valence-corrected chi connectivity index (χ2v) is 9.71. The van der Waals surface area contributed by atoms with Gasteiger partial charge in [-0.3, -0.25) is 14.5 Å². The number of nitrogens with zero attached hydrogens (tertiary/aromatic N) is 1. The van der Waals surface area contributed by atoms with Gasteiger partial charge in [0.2, 0.25) is 0 Å². The minimum absolute atomic E-state index is 0.0192. The zero-order valence-corrected chi connectivity index (χ0v) is 19.4. The number of carbonyl (C=O) groups excluding carboxylic acids is 1. The number of ether oxygens (including phenoxy) is 1. The number of amides is 1. The number of rotatable bonds is 6. The minimum Gasteiger partial charge on any atom is -0.482 e. The summed E-state index contributed by atoms with van der Waals surface area (Å²) in [5.74, 6) is 0.160. The summed E-state index contributed by atoms with van der Waals surface area (Å²) in [6.45, 7) is 0.251. The van der Waals surface area contributed by atoms with Crippen molar-refractivity contribution in [1.29, 1.82) is 0 Å². The molecule has 2 N–H and O–H groups in total. The predicted octanol–water partition coefficient (Wildman–Crippen LogP) is 4.92. The maximum absolute atomic E-state index is 12.7. The van der Waals surface area contributed by atoms with Crippen LogP contribution < -0.4 is 14.8 Å². The molecule has 0 atom stereocenters. The molecule has 0 radical (unpaired) electrons. The van der Waals surface area contributed by atoms with E-state index < -0.39 is 15.9 Å². The van der Waals surface area contributed by atoms with Crippen LogP contribution in [0, 0.1) is 0 Å². The van der Waals surface area contributed by atoms with E-state index in [1.807, 2.05) is 0 Å². The third-order valence-electron chi connectivity index (χ3n) is 4.39. The fourth-order valence-corrected chi connectivity index (χ4v) is 4.59. The normalized spacial score (nSPS) is 14.4. The molecule has 2 aromatic rings. The first-order valence-corrected chi connectivity index (χ1v) is 12.1. The van der Waals surface area contributed by atoms with Gasteiger partial charge in [-0.1, -0.05) is 47.3 Å². The van der Waals surface area contributed by atoms with Gasteiger partial charge in [0.25, 0.3) is 15.9 Å². The first kappa shape index (κ1) is 23.7. The molecule has 2 aromatic carbocycles. The van der Waals surface area contributed by atoms with Crippen molar-refractivity contribution in [2.45, 2.75) is 30.6 Å². The van der Waals surface area contributed by atoms with Gasteiger partial charge in [-0.15, -0.1) is 0 Å². The molecule has 0 aliphatic carbocycles. The Hall–Kier alpha value is -2.00. The Morgan fingerprint density at radius 1 is 1.03 bits per heavy atom. The summed E-state index contributed by atoms with van der Waals surface area (Å²) in [5, 5.41) is 3.32. The molecule has 1 heterocycles. The average Bonchev–Trinajstić information content (AvgIpc) is 2.98. The number of carbonyl (C=O) groups is 1. The highest BCUT2D eigenvalue weighted by Gasteiger charge is 2.18. The lowest BCUT2D eigenvalue weighted by atomic mass is 10.2. The summed E-state index contributed by atoms with van der Waals surface area (Å²) < 4.78 is 33.3. The van der Waals surface area contributed by atoms with Gasteiger partial charge in [0.15, 0.2) is 6.61 Å². The minimum atomic E-state index is -3.81. The van der Waals surface area contributed by atoms with Crippen molar-refractivity contribution in [3.05, 3.63) is 51.5 Å². The number of nitrogens with one attached hydrogen (secondary N) is 2. The van der Waals surface area contributed by atoms with Gasteiger partial charge in [0.05, 0.1) is 20.0 Å². The Balaban J connectivity index is 1.64. The van der Waals surface area contributed by atoms with Gasteiger partial charge < -0.3 is 10.1 Å². The molecule has 0 aromatic heterocycles. The summed E-state index contributed by atoms with van der Waals surface area (Å²) in [7, 11) is -3.81. The van der Waals surface area contributed by atoms with Crippen LogP contribution in [0.25, 0.3) is 0 Å². The summed E-state index contributed by atoms with van der Waals surface area (Å²) >= 11 is 17.8. The van der Waals surface area contributed by atoms with Crippen LogP contribution in [0.15, 0.2) is 46.3 Å². The quantitative estimate of drug-likeness (QED) is 0.546. The van der Waals surface area contributed by atoms with Crippen molar-refractivity contribution in [2.75, 3.05) is 18.5 Å². The Morgan fingerprint density at radius 3 is 2.61 bits per heavy atom. The van der Waals surface area contributed by atoms with Gasteiger partial charge in [0, 0.05) is 24.7 Å². The highest BCUT2D eigenvalue weighted by atomic mass is 35.5. The van der Waals surface area contributed by atoms with Crippen LogP contribution >= 0.6 is 34.8 Å². The fourth-order valence-electron chi connectivity index (χ4n) is 2.87. The smallest absolute Gasteiger partial charge is 0.262 e.